The van der Waals surface area contributed by atoms with Gasteiger partial charge in [0.05, 0.1) is 12.8 Å². The summed E-state index contributed by atoms with van der Waals surface area (Å²) in [6.45, 7) is 5.63. The number of H-pyrrole nitrogens is 1. The maximum absolute atomic E-state index is 12.4. The zero-order valence-electron chi connectivity index (χ0n) is 21.2. The van der Waals surface area contributed by atoms with E-state index in [1.54, 1.807) is 20.2 Å². The molecule has 4 N–H and O–H groups in total. The number of methoxy groups -OCH3 is 1. The fourth-order valence-corrected chi connectivity index (χ4v) is 4.55. The predicted molar refractivity (Wildman–Crippen MR) is 136 cm³/mol. The van der Waals surface area contributed by atoms with Crippen molar-refractivity contribution in [2.45, 2.75) is 51.5 Å². The van der Waals surface area contributed by atoms with E-state index in [1.165, 1.54) is 18.3 Å². The third-order valence-electron chi connectivity index (χ3n) is 6.66. The fourth-order valence-electron chi connectivity index (χ4n) is 4.55. The lowest BCUT2D eigenvalue weighted by Crippen LogP contribution is -2.41. The van der Waals surface area contributed by atoms with Crippen LogP contribution in [0.1, 0.15) is 43.9 Å². The van der Waals surface area contributed by atoms with E-state index >= 15 is 0 Å². The van der Waals surface area contributed by atoms with Crippen molar-refractivity contribution in [2.24, 2.45) is 0 Å². The summed E-state index contributed by atoms with van der Waals surface area (Å²) in [5.41, 5.74) is 2.99. The van der Waals surface area contributed by atoms with Gasteiger partial charge in [0.1, 0.15) is 17.2 Å². The lowest BCUT2D eigenvalue weighted by atomic mass is 10.1. The number of ether oxygens (including phenoxy) is 1. The normalized spacial score (nSPS) is 14.0. The van der Waals surface area contributed by atoms with E-state index < -0.39 is 6.04 Å². The number of carbonyl (C=O) groups excluding carboxylic acids is 1. The number of Topliss-reactive ketones (excluding diaryl/α,β-unsaturated/α-hetero) is 1. The molecule has 0 saturated carbocycles. The van der Waals surface area contributed by atoms with Gasteiger partial charge >= 0.3 is 0 Å². The number of carbonyl (C=O) groups is 1. The molecular weight excluding hydrogens is 460 g/mol. The Hall–Kier alpha value is -3.31. The number of aromatic amines is 1. The van der Waals surface area contributed by atoms with Gasteiger partial charge in [-0.05, 0) is 57.2 Å². The van der Waals surface area contributed by atoms with Crippen LogP contribution < -0.4 is 15.4 Å². The Morgan fingerprint density at radius 3 is 3.03 bits per heavy atom. The van der Waals surface area contributed by atoms with E-state index in [9.17, 15) is 10.0 Å². The van der Waals surface area contributed by atoms with Crippen molar-refractivity contribution in [1.29, 1.82) is 0 Å². The SMILES string of the molecule is COCCN(CCCCc1ccc2c(n1)NCCC2)CC[C@H](Nc1c2cn[nH]c2nc[n+]1O)C(C)=O. The first-order chi connectivity index (χ1) is 17.5. The van der Waals surface area contributed by atoms with Crippen molar-refractivity contribution >= 4 is 28.5 Å². The first-order valence-electron chi connectivity index (χ1n) is 12.7. The van der Waals surface area contributed by atoms with Crippen LogP contribution in [-0.2, 0) is 22.4 Å². The summed E-state index contributed by atoms with van der Waals surface area (Å²) in [6, 6.07) is 3.90. The first-order valence-corrected chi connectivity index (χ1v) is 12.7. The number of rotatable bonds is 14. The molecule has 11 heteroatoms. The van der Waals surface area contributed by atoms with E-state index in [0.717, 1.165) is 68.1 Å². The number of nitrogens with one attached hydrogen (secondary N) is 3. The Kier molecular flexibility index (Phi) is 9.01. The van der Waals surface area contributed by atoms with E-state index in [1.807, 2.05) is 0 Å². The molecule has 0 aliphatic carbocycles. The number of hydrogen-bond donors (Lipinski definition) is 4. The van der Waals surface area contributed by atoms with Gasteiger partial charge in [-0.2, -0.15) is 5.10 Å². The van der Waals surface area contributed by atoms with Crippen molar-refractivity contribution in [3.63, 3.8) is 0 Å². The third kappa shape index (κ3) is 6.67. The van der Waals surface area contributed by atoms with Gasteiger partial charge in [0.2, 0.25) is 5.65 Å². The Bertz CT molecular complexity index is 1150. The highest BCUT2D eigenvalue weighted by molar-refractivity contribution is 5.88. The molecule has 0 spiro atoms. The highest BCUT2D eigenvalue weighted by atomic mass is 16.5. The summed E-state index contributed by atoms with van der Waals surface area (Å²) < 4.78 is 6.20. The molecule has 0 bridgehead atoms. The molecule has 36 heavy (non-hydrogen) atoms. The minimum atomic E-state index is -0.457. The summed E-state index contributed by atoms with van der Waals surface area (Å²) in [5.74, 6) is 1.45. The quantitative estimate of drug-likeness (QED) is 0.150. The van der Waals surface area contributed by atoms with Crippen LogP contribution in [-0.4, -0.2) is 82.0 Å². The number of unbranched alkanes of at least 4 members (excludes halogenated alkanes) is 1. The van der Waals surface area contributed by atoms with E-state index in [0.29, 0.717) is 29.9 Å². The van der Waals surface area contributed by atoms with Crippen LogP contribution in [0.2, 0.25) is 0 Å². The van der Waals surface area contributed by atoms with Crippen molar-refractivity contribution in [3.8, 4) is 0 Å². The summed E-state index contributed by atoms with van der Waals surface area (Å²) in [6.07, 6.45) is 8.75. The molecular formula is C25H37N8O3+. The highest BCUT2D eigenvalue weighted by Crippen LogP contribution is 2.20. The second kappa shape index (κ2) is 12.6. The van der Waals surface area contributed by atoms with E-state index in [-0.39, 0.29) is 5.78 Å². The third-order valence-corrected chi connectivity index (χ3v) is 6.66. The van der Waals surface area contributed by atoms with E-state index in [2.05, 4.69) is 42.8 Å². The monoisotopic (exact) mass is 497 g/mol. The molecule has 0 saturated heterocycles. The highest BCUT2D eigenvalue weighted by Gasteiger charge is 2.24. The number of aryl methyl sites for hydroxylation is 2. The summed E-state index contributed by atoms with van der Waals surface area (Å²) >= 11 is 0. The number of fused-ring (bicyclic) bond motifs is 2. The Morgan fingerprint density at radius 1 is 1.31 bits per heavy atom. The lowest BCUT2D eigenvalue weighted by molar-refractivity contribution is -0.894. The molecule has 1 aliphatic heterocycles. The Labute approximate surface area is 211 Å². The molecule has 0 unspecified atom stereocenters. The van der Waals surface area contributed by atoms with Gasteiger partial charge in [0, 0.05) is 38.9 Å². The number of ketones is 1. The maximum atomic E-state index is 12.4. The predicted octanol–water partition coefficient (Wildman–Crippen LogP) is 1.97. The van der Waals surface area contributed by atoms with Crippen molar-refractivity contribution in [3.05, 3.63) is 35.9 Å². The van der Waals surface area contributed by atoms with Gasteiger partial charge < -0.3 is 20.2 Å². The average Bonchev–Trinajstić information content (AvgIpc) is 3.37. The van der Waals surface area contributed by atoms with Gasteiger partial charge in [0.15, 0.2) is 5.78 Å². The number of nitrogens with zero attached hydrogens (tertiary/aromatic N) is 5. The van der Waals surface area contributed by atoms with Crippen molar-refractivity contribution in [2.75, 3.05) is 50.5 Å². The Balaban J connectivity index is 1.30. The largest absolute Gasteiger partial charge is 0.383 e. The standard InChI is InChI=1S/C25H36N8O3/c1-18(34)22(30-25-21-16-28-31-24(21)27-17-33(25)35)10-13-32(14-15-36-2)12-4-3-7-20-9-8-19-6-5-11-26-23(19)29-20/h8-9,16-17,22,35H,3-7,10-15H2,1-2H3,(H2,26,28,29,30,31)/p+1/t22-/m0/s1. The molecule has 1 aliphatic rings. The van der Waals surface area contributed by atoms with Crippen LogP contribution in [0.5, 0.6) is 0 Å². The van der Waals surface area contributed by atoms with Gasteiger partial charge in [-0.15, -0.1) is 0 Å². The molecule has 3 aromatic heterocycles. The van der Waals surface area contributed by atoms with Gasteiger partial charge in [-0.1, -0.05) is 15.8 Å². The second-order valence-corrected chi connectivity index (χ2v) is 9.30. The smallest absolute Gasteiger partial charge is 0.274 e. The zero-order chi connectivity index (χ0) is 25.3. The molecule has 0 fully saturated rings. The summed E-state index contributed by atoms with van der Waals surface area (Å²) in [4.78, 5) is 23.6. The van der Waals surface area contributed by atoms with Crippen LogP contribution in [0.15, 0.2) is 24.7 Å². The van der Waals surface area contributed by atoms with Crippen LogP contribution in [0, 0.1) is 0 Å². The summed E-state index contributed by atoms with van der Waals surface area (Å²) in [7, 11) is 1.70. The van der Waals surface area contributed by atoms with Crippen LogP contribution in [0.25, 0.3) is 11.0 Å². The number of anilines is 2. The van der Waals surface area contributed by atoms with Gasteiger partial charge in [-0.25, -0.2) is 10.1 Å². The van der Waals surface area contributed by atoms with Gasteiger partial charge in [0.25, 0.3) is 12.1 Å². The molecule has 0 radical (unpaired) electrons. The van der Waals surface area contributed by atoms with Crippen molar-refractivity contribution < 1.29 is 19.5 Å². The zero-order valence-corrected chi connectivity index (χ0v) is 21.2. The second-order valence-electron chi connectivity index (χ2n) is 9.30. The molecule has 11 nitrogen and oxygen atoms in total. The van der Waals surface area contributed by atoms with Crippen LogP contribution in [0.3, 0.4) is 0 Å². The first kappa shape index (κ1) is 25.8. The number of hydrogen-bond acceptors (Lipinski definition) is 9. The average molecular weight is 498 g/mol. The molecule has 194 valence electrons. The number of pyridine rings is 1. The van der Waals surface area contributed by atoms with E-state index in [4.69, 9.17) is 9.72 Å². The molecule has 3 aromatic rings. The molecule has 0 amide bonds. The number of aromatic nitrogens is 5. The van der Waals surface area contributed by atoms with Gasteiger partial charge in [-0.3, -0.25) is 10.1 Å². The topological polar surface area (TPSA) is 132 Å². The van der Waals surface area contributed by atoms with Crippen molar-refractivity contribution in [1.82, 2.24) is 25.1 Å². The van der Waals surface area contributed by atoms with Crippen LogP contribution in [0.4, 0.5) is 11.6 Å². The molecule has 4 heterocycles. The maximum Gasteiger partial charge on any atom is 0.274 e. The fraction of sp³-hybridized carbons (Fsp3) is 0.560. The minimum Gasteiger partial charge on any atom is -0.383 e. The minimum absolute atomic E-state index is 0.00208. The molecule has 0 aromatic carbocycles. The Morgan fingerprint density at radius 2 is 2.19 bits per heavy atom. The van der Waals surface area contributed by atoms with Crippen LogP contribution >= 0.6 is 0 Å². The lowest BCUT2D eigenvalue weighted by Gasteiger charge is -2.24. The molecule has 1 atom stereocenters. The summed E-state index contributed by atoms with van der Waals surface area (Å²) in [5, 5.41) is 24.2. The molecule has 4 rings (SSSR count).